The Morgan fingerprint density at radius 3 is 2.69 bits per heavy atom. The monoisotopic (exact) mass is 230 g/mol. The Labute approximate surface area is 98.8 Å². The highest BCUT2D eigenvalue weighted by molar-refractivity contribution is 4.80. The van der Waals surface area contributed by atoms with E-state index in [1.165, 1.54) is 0 Å². The molecule has 0 aromatic carbocycles. The van der Waals surface area contributed by atoms with Crippen LogP contribution in [0.3, 0.4) is 0 Å². The Bertz CT molecular complexity index is 199. The van der Waals surface area contributed by atoms with Gasteiger partial charge in [-0.25, -0.2) is 0 Å². The van der Waals surface area contributed by atoms with Crippen LogP contribution < -0.4 is 5.73 Å². The van der Waals surface area contributed by atoms with Gasteiger partial charge in [0.25, 0.3) is 0 Å². The summed E-state index contributed by atoms with van der Waals surface area (Å²) in [7, 11) is 0. The predicted molar refractivity (Wildman–Crippen MR) is 65.2 cm³/mol. The van der Waals surface area contributed by atoms with Crippen LogP contribution in [0.4, 0.5) is 0 Å². The summed E-state index contributed by atoms with van der Waals surface area (Å²) in [6.45, 7) is 9.97. The number of nitrogens with two attached hydrogens (primary N) is 1. The lowest BCUT2D eigenvalue weighted by Crippen LogP contribution is -2.52. The van der Waals surface area contributed by atoms with Crippen molar-refractivity contribution in [2.24, 2.45) is 17.6 Å². The van der Waals surface area contributed by atoms with E-state index in [1.54, 1.807) is 0 Å². The SMILES string of the molecule is CC(C)C(CN)CN1CC(CO)OCC1C. The van der Waals surface area contributed by atoms with Crippen LogP contribution >= 0.6 is 0 Å². The van der Waals surface area contributed by atoms with E-state index in [2.05, 4.69) is 25.7 Å². The molecule has 96 valence electrons. The minimum atomic E-state index is -0.0261. The Hall–Kier alpha value is -0.160. The fourth-order valence-electron chi connectivity index (χ4n) is 2.10. The van der Waals surface area contributed by atoms with Crippen LogP contribution in [0.15, 0.2) is 0 Å². The Balaban J connectivity index is 2.49. The van der Waals surface area contributed by atoms with Crippen LogP contribution in [0.5, 0.6) is 0 Å². The minimum Gasteiger partial charge on any atom is -0.394 e. The van der Waals surface area contributed by atoms with E-state index in [-0.39, 0.29) is 12.7 Å². The van der Waals surface area contributed by atoms with E-state index in [4.69, 9.17) is 15.6 Å². The number of hydrogen-bond donors (Lipinski definition) is 2. The van der Waals surface area contributed by atoms with Gasteiger partial charge in [-0.05, 0) is 25.3 Å². The Morgan fingerprint density at radius 2 is 2.19 bits per heavy atom. The van der Waals surface area contributed by atoms with E-state index >= 15 is 0 Å². The summed E-state index contributed by atoms with van der Waals surface area (Å²) >= 11 is 0. The van der Waals surface area contributed by atoms with Crippen molar-refractivity contribution in [1.29, 1.82) is 0 Å². The van der Waals surface area contributed by atoms with E-state index in [0.717, 1.165) is 19.6 Å². The van der Waals surface area contributed by atoms with Gasteiger partial charge < -0.3 is 15.6 Å². The lowest BCUT2D eigenvalue weighted by molar-refractivity contribution is -0.0825. The number of morpholine rings is 1. The number of ether oxygens (including phenoxy) is 1. The summed E-state index contributed by atoms with van der Waals surface area (Å²) in [5.74, 6) is 1.13. The van der Waals surface area contributed by atoms with Crippen LogP contribution in [-0.4, -0.2) is 55.0 Å². The molecule has 4 heteroatoms. The molecule has 0 aliphatic carbocycles. The van der Waals surface area contributed by atoms with Crippen LogP contribution in [0, 0.1) is 11.8 Å². The van der Waals surface area contributed by atoms with Gasteiger partial charge in [0.2, 0.25) is 0 Å². The van der Waals surface area contributed by atoms with E-state index in [0.29, 0.717) is 24.5 Å². The molecule has 0 amide bonds. The maximum atomic E-state index is 9.12. The van der Waals surface area contributed by atoms with Crippen molar-refractivity contribution in [2.45, 2.75) is 32.9 Å². The van der Waals surface area contributed by atoms with Gasteiger partial charge in [0.15, 0.2) is 0 Å². The van der Waals surface area contributed by atoms with E-state index in [9.17, 15) is 0 Å². The first kappa shape index (κ1) is 13.9. The average molecular weight is 230 g/mol. The Morgan fingerprint density at radius 1 is 1.50 bits per heavy atom. The Kier molecular flexibility index (Phi) is 5.69. The fourth-order valence-corrected chi connectivity index (χ4v) is 2.10. The van der Waals surface area contributed by atoms with Crippen molar-refractivity contribution < 1.29 is 9.84 Å². The van der Waals surface area contributed by atoms with Gasteiger partial charge >= 0.3 is 0 Å². The maximum Gasteiger partial charge on any atom is 0.0933 e. The summed E-state index contributed by atoms with van der Waals surface area (Å²) in [6, 6.07) is 0.426. The molecule has 3 N–H and O–H groups in total. The van der Waals surface area contributed by atoms with Crippen molar-refractivity contribution in [2.75, 3.05) is 32.8 Å². The number of aliphatic hydroxyl groups is 1. The molecule has 0 saturated carbocycles. The molecule has 1 aliphatic rings. The van der Waals surface area contributed by atoms with Gasteiger partial charge in [0, 0.05) is 19.1 Å². The zero-order valence-electron chi connectivity index (χ0n) is 10.7. The molecule has 4 nitrogen and oxygen atoms in total. The molecule has 1 aliphatic heterocycles. The fraction of sp³-hybridized carbons (Fsp3) is 1.00. The van der Waals surface area contributed by atoms with Gasteiger partial charge in [0.05, 0.1) is 19.3 Å². The van der Waals surface area contributed by atoms with Crippen molar-refractivity contribution in [3.63, 3.8) is 0 Å². The third kappa shape index (κ3) is 3.70. The lowest BCUT2D eigenvalue weighted by Gasteiger charge is -2.39. The van der Waals surface area contributed by atoms with Gasteiger partial charge in [-0.3, -0.25) is 4.90 Å². The van der Waals surface area contributed by atoms with Crippen molar-refractivity contribution in [1.82, 2.24) is 4.90 Å². The first-order valence-electron chi connectivity index (χ1n) is 6.25. The molecular weight excluding hydrogens is 204 g/mol. The highest BCUT2D eigenvalue weighted by Crippen LogP contribution is 2.17. The second-order valence-corrected chi connectivity index (χ2v) is 5.18. The molecule has 0 aromatic heterocycles. The first-order chi connectivity index (χ1) is 7.58. The third-order valence-corrected chi connectivity index (χ3v) is 3.55. The van der Waals surface area contributed by atoms with Gasteiger partial charge in [-0.1, -0.05) is 13.8 Å². The zero-order chi connectivity index (χ0) is 12.1. The van der Waals surface area contributed by atoms with E-state index < -0.39 is 0 Å². The third-order valence-electron chi connectivity index (χ3n) is 3.55. The quantitative estimate of drug-likeness (QED) is 0.713. The molecule has 1 saturated heterocycles. The smallest absolute Gasteiger partial charge is 0.0933 e. The standard InChI is InChI=1S/C12H26N2O2/c1-9(2)11(4-13)5-14-6-12(7-15)16-8-10(14)3/h9-12,15H,4-8,13H2,1-3H3. The second-order valence-electron chi connectivity index (χ2n) is 5.18. The van der Waals surface area contributed by atoms with Crippen LogP contribution in [0.2, 0.25) is 0 Å². The largest absolute Gasteiger partial charge is 0.394 e. The summed E-state index contributed by atoms with van der Waals surface area (Å²) in [5.41, 5.74) is 5.80. The summed E-state index contributed by atoms with van der Waals surface area (Å²) in [6.07, 6.45) is -0.0261. The topological polar surface area (TPSA) is 58.7 Å². The molecule has 0 spiro atoms. The van der Waals surface area contributed by atoms with Crippen molar-refractivity contribution >= 4 is 0 Å². The molecule has 3 atom stereocenters. The van der Waals surface area contributed by atoms with Crippen molar-refractivity contribution in [3.8, 4) is 0 Å². The molecule has 1 fully saturated rings. The predicted octanol–water partition coefficient (Wildman–Crippen LogP) is 0.299. The number of nitrogens with zero attached hydrogens (tertiary/aromatic N) is 1. The molecule has 1 rings (SSSR count). The van der Waals surface area contributed by atoms with Crippen molar-refractivity contribution in [3.05, 3.63) is 0 Å². The minimum absolute atomic E-state index is 0.0261. The van der Waals surface area contributed by atoms with E-state index in [1.807, 2.05) is 0 Å². The first-order valence-corrected chi connectivity index (χ1v) is 6.25. The number of aliphatic hydroxyl groups excluding tert-OH is 1. The summed E-state index contributed by atoms with van der Waals surface area (Å²) in [4.78, 5) is 2.39. The molecule has 1 heterocycles. The second kappa shape index (κ2) is 6.55. The molecular formula is C12H26N2O2. The summed E-state index contributed by atoms with van der Waals surface area (Å²) < 4.78 is 5.52. The van der Waals surface area contributed by atoms with Crippen LogP contribution in [0.25, 0.3) is 0 Å². The molecule has 16 heavy (non-hydrogen) atoms. The molecule has 0 radical (unpaired) electrons. The van der Waals surface area contributed by atoms with Crippen LogP contribution in [0.1, 0.15) is 20.8 Å². The van der Waals surface area contributed by atoms with Crippen LogP contribution in [-0.2, 0) is 4.74 Å². The number of rotatable bonds is 5. The molecule has 0 aromatic rings. The normalized spacial score (nSPS) is 29.6. The molecule has 0 bridgehead atoms. The zero-order valence-corrected chi connectivity index (χ0v) is 10.7. The number of hydrogen-bond acceptors (Lipinski definition) is 4. The van der Waals surface area contributed by atoms with Gasteiger partial charge in [0.1, 0.15) is 0 Å². The van der Waals surface area contributed by atoms with Gasteiger partial charge in [-0.15, -0.1) is 0 Å². The lowest BCUT2D eigenvalue weighted by atomic mass is 9.94. The highest BCUT2D eigenvalue weighted by Gasteiger charge is 2.27. The summed E-state index contributed by atoms with van der Waals surface area (Å²) in [5, 5.41) is 9.12. The average Bonchev–Trinajstić information content (AvgIpc) is 2.27. The highest BCUT2D eigenvalue weighted by atomic mass is 16.5. The van der Waals surface area contributed by atoms with Gasteiger partial charge in [-0.2, -0.15) is 0 Å². The maximum absolute atomic E-state index is 9.12. The molecule has 3 unspecified atom stereocenters.